The van der Waals surface area contributed by atoms with Gasteiger partial charge in [-0.25, -0.2) is 0 Å². The molecule has 2 saturated heterocycles. The summed E-state index contributed by atoms with van der Waals surface area (Å²) >= 11 is 0. The molecule has 1 aromatic carbocycles. The average molecular weight is 431 g/mol. The lowest BCUT2D eigenvalue weighted by Crippen LogP contribution is -2.50. The molecule has 2 N–H and O–H groups in total. The Bertz CT molecular complexity index is 753. The van der Waals surface area contributed by atoms with E-state index in [1.807, 2.05) is 6.07 Å². The minimum atomic E-state index is -0.0391. The number of benzene rings is 1. The normalized spacial score (nSPS) is 22.0. The predicted molar refractivity (Wildman–Crippen MR) is 123 cm³/mol. The van der Waals surface area contributed by atoms with E-state index in [1.54, 1.807) is 0 Å². The third kappa shape index (κ3) is 5.26. The lowest BCUT2D eigenvalue weighted by atomic mass is 9.74. The summed E-state index contributed by atoms with van der Waals surface area (Å²) in [5, 5.41) is 7.17. The number of likely N-dealkylation sites (tertiary alicyclic amines) is 1. The van der Waals surface area contributed by atoms with Crippen LogP contribution in [0, 0.1) is 0 Å². The van der Waals surface area contributed by atoms with Crippen LogP contribution in [0.5, 0.6) is 11.5 Å². The van der Waals surface area contributed by atoms with E-state index in [9.17, 15) is 0 Å². The quantitative estimate of drug-likeness (QED) is 0.534. The zero-order valence-electron chi connectivity index (χ0n) is 19.3. The summed E-state index contributed by atoms with van der Waals surface area (Å²) in [6, 6.07) is 7.45. The Morgan fingerprint density at radius 3 is 2.61 bits per heavy atom. The highest BCUT2D eigenvalue weighted by molar-refractivity contribution is 5.80. The van der Waals surface area contributed by atoms with Crippen molar-refractivity contribution in [2.45, 2.75) is 64.0 Å². The topological polar surface area (TPSA) is 67.4 Å². The Labute approximate surface area is 186 Å². The summed E-state index contributed by atoms with van der Waals surface area (Å²) in [4.78, 5) is 7.64. The number of piperidine rings is 1. The first-order valence-electron chi connectivity index (χ1n) is 11.9. The Morgan fingerprint density at radius 2 is 1.90 bits per heavy atom. The fraction of sp³-hybridized carbons (Fsp3) is 0.708. The first-order chi connectivity index (χ1) is 15.1. The Morgan fingerprint density at radius 1 is 1.16 bits per heavy atom. The van der Waals surface area contributed by atoms with E-state index in [0.717, 1.165) is 82.5 Å². The summed E-state index contributed by atoms with van der Waals surface area (Å²) in [5.74, 6) is 2.60. The van der Waals surface area contributed by atoms with Crippen LogP contribution in [0.1, 0.15) is 52.0 Å². The number of hydrogen-bond acceptors (Lipinski definition) is 5. The standard InChI is InChI=1S/C24H38N4O3/c1-4-25-23(27-20-7-11-28(12-8-20)18(2)3)26-16-24(9-13-29-14-10-24)19-5-6-21-22(15-19)31-17-30-21/h5-6,15,18,20H,4,7-14,16-17H2,1-3H3,(H2,25,26,27). The molecule has 0 bridgehead atoms. The number of rotatable bonds is 6. The van der Waals surface area contributed by atoms with E-state index in [-0.39, 0.29) is 5.41 Å². The summed E-state index contributed by atoms with van der Waals surface area (Å²) < 4.78 is 16.9. The predicted octanol–water partition coefficient (Wildman–Crippen LogP) is 2.89. The van der Waals surface area contributed by atoms with Crippen molar-refractivity contribution in [1.82, 2.24) is 15.5 Å². The maximum absolute atomic E-state index is 5.70. The Hall–Kier alpha value is -1.99. The highest BCUT2D eigenvalue weighted by Crippen LogP contribution is 2.41. The number of nitrogens with zero attached hydrogens (tertiary/aromatic N) is 2. The lowest BCUT2D eigenvalue weighted by molar-refractivity contribution is 0.0530. The molecule has 0 atom stereocenters. The van der Waals surface area contributed by atoms with Crippen molar-refractivity contribution in [2.75, 3.05) is 46.2 Å². The second kappa shape index (κ2) is 10.1. The average Bonchev–Trinajstić information content (AvgIpc) is 3.27. The second-order valence-electron chi connectivity index (χ2n) is 9.20. The summed E-state index contributed by atoms with van der Waals surface area (Å²) in [6.07, 6.45) is 4.23. The molecule has 0 spiro atoms. The molecule has 3 aliphatic rings. The van der Waals surface area contributed by atoms with E-state index in [2.05, 4.69) is 48.4 Å². The van der Waals surface area contributed by atoms with Gasteiger partial charge in [-0.3, -0.25) is 4.99 Å². The van der Waals surface area contributed by atoms with E-state index in [0.29, 0.717) is 18.9 Å². The Balaban J connectivity index is 1.47. The number of aliphatic imine (C=N–C) groups is 1. The van der Waals surface area contributed by atoms with Crippen molar-refractivity contribution in [1.29, 1.82) is 0 Å². The van der Waals surface area contributed by atoms with Gasteiger partial charge >= 0.3 is 0 Å². The van der Waals surface area contributed by atoms with Crippen LogP contribution in [-0.4, -0.2) is 69.1 Å². The molecule has 3 aliphatic heterocycles. The zero-order chi connectivity index (χ0) is 21.7. The fourth-order valence-electron chi connectivity index (χ4n) is 4.83. The minimum absolute atomic E-state index is 0.0391. The van der Waals surface area contributed by atoms with Gasteiger partial charge in [-0.2, -0.15) is 0 Å². The van der Waals surface area contributed by atoms with Gasteiger partial charge in [-0.1, -0.05) is 6.07 Å². The van der Waals surface area contributed by atoms with Crippen molar-refractivity contribution >= 4 is 5.96 Å². The van der Waals surface area contributed by atoms with Gasteiger partial charge in [-0.05, 0) is 64.2 Å². The van der Waals surface area contributed by atoms with Gasteiger partial charge in [0.15, 0.2) is 17.5 Å². The van der Waals surface area contributed by atoms with Gasteiger partial charge in [0.05, 0.1) is 6.54 Å². The van der Waals surface area contributed by atoms with E-state index >= 15 is 0 Å². The van der Waals surface area contributed by atoms with Crippen LogP contribution in [0.3, 0.4) is 0 Å². The van der Waals surface area contributed by atoms with Crippen molar-refractivity contribution in [3.63, 3.8) is 0 Å². The number of guanidine groups is 1. The van der Waals surface area contributed by atoms with Gasteiger partial charge in [0.2, 0.25) is 6.79 Å². The molecule has 7 nitrogen and oxygen atoms in total. The Kier molecular flexibility index (Phi) is 7.23. The molecule has 0 aliphatic carbocycles. The molecular formula is C24H38N4O3. The van der Waals surface area contributed by atoms with Gasteiger partial charge in [0.25, 0.3) is 0 Å². The number of ether oxygens (including phenoxy) is 3. The van der Waals surface area contributed by atoms with Gasteiger partial charge < -0.3 is 29.7 Å². The lowest BCUT2D eigenvalue weighted by Gasteiger charge is -2.37. The molecule has 0 amide bonds. The van der Waals surface area contributed by atoms with Crippen LogP contribution in [-0.2, 0) is 10.2 Å². The van der Waals surface area contributed by atoms with Crippen molar-refractivity contribution in [3.8, 4) is 11.5 Å². The third-order valence-electron chi connectivity index (χ3n) is 6.92. The largest absolute Gasteiger partial charge is 0.454 e. The van der Waals surface area contributed by atoms with Crippen LogP contribution in [0.4, 0.5) is 0 Å². The van der Waals surface area contributed by atoms with Crippen LogP contribution in [0.25, 0.3) is 0 Å². The van der Waals surface area contributed by atoms with Crippen LogP contribution in [0.15, 0.2) is 23.2 Å². The molecule has 2 fully saturated rings. The smallest absolute Gasteiger partial charge is 0.231 e. The summed E-state index contributed by atoms with van der Waals surface area (Å²) in [5.41, 5.74) is 1.23. The van der Waals surface area contributed by atoms with Crippen LogP contribution < -0.4 is 20.1 Å². The molecule has 1 aromatic rings. The van der Waals surface area contributed by atoms with Gasteiger partial charge in [0.1, 0.15) is 0 Å². The number of nitrogens with one attached hydrogen (secondary N) is 2. The SMILES string of the molecule is CCNC(=NCC1(c2ccc3c(c2)OCO3)CCOCC1)NC1CCN(C(C)C)CC1. The van der Waals surface area contributed by atoms with E-state index in [1.165, 1.54) is 5.56 Å². The van der Waals surface area contributed by atoms with Crippen LogP contribution >= 0.6 is 0 Å². The molecule has 4 rings (SSSR count). The van der Waals surface area contributed by atoms with E-state index in [4.69, 9.17) is 19.2 Å². The molecule has 172 valence electrons. The van der Waals surface area contributed by atoms with Crippen molar-refractivity contribution in [2.24, 2.45) is 4.99 Å². The van der Waals surface area contributed by atoms with Crippen molar-refractivity contribution < 1.29 is 14.2 Å². The molecule has 0 saturated carbocycles. The van der Waals surface area contributed by atoms with Gasteiger partial charge in [0, 0.05) is 50.3 Å². The molecular weight excluding hydrogens is 392 g/mol. The molecule has 0 radical (unpaired) electrons. The maximum Gasteiger partial charge on any atom is 0.231 e. The highest BCUT2D eigenvalue weighted by atomic mass is 16.7. The fourth-order valence-corrected chi connectivity index (χ4v) is 4.83. The maximum atomic E-state index is 5.70. The molecule has 3 heterocycles. The van der Waals surface area contributed by atoms with Crippen LogP contribution in [0.2, 0.25) is 0 Å². The van der Waals surface area contributed by atoms with Gasteiger partial charge in [-0.15, -0.1) is 0 Å². The van der Waals surface area contributed by atoms with Crippen molar-refractivity contribution in [3.05, 3.63) is 23.8 Å². The molecule has 0 aromatic heterocycles. The zero-order valence-corrected chi connectivity index (χ0v) is 19.3. The number of hydrogen-bond donors (Lipinski definition) is 2. The first-order valence-corrected chi connectivity index (χ1v) is 11.9. The minimum Gasteiger partial charge on any atom is -0.454 e. The highest BCUT2D eigenvalue weighted by Gasteiger charge is 2.36. The molecule has 0 unspecified atom stereocenters. The third-order valence-corrected chi connectivity index (χ3v) is 6.92. The summed E-state index contributed by atoms with van der Waals surface area (Å²) in [6.45, 7) is 12.4. The summed E-state index contributed by atoms with van der Waals surface area (Å²) in [7, 11) is 0. The molecule has 7 heteroatoms. The number of fused-ring (bicyclic) bond motifs is 1. The first kappa shape index (κ1) is 22.2. The second-order valence-corrected chi connectivity index (χ2v) is 9.20. The monoisotopic (exact) mass is 430 g/mol. The van der Waals surface area contributed by atoms with E-state index < -0.39 is 0 Å². The molecule has 31 heavy (non-hydrogen) atoms.